The summed E-state index contributed by atoms with van der Waals surface area (Å²) in [5.41, 5.74) is 2.38. The molecule has 0 saturated carbocycles. The average molecular weight is 302 g/mol. The largest absolute Gasteiger partial charge is 0.314 e. The Bertz CT molecular complexity index is 358. The van der Waals surface area contributed by atoms with E-state index in [2.05, 4.69) is 47.1 Å². The Morgan fingerprint density at radius 1 is 1.35 bits per heavy atom. The Kier molecular flexibility index (Phi) is 5.67. The number of hydrogen-bond acceptors (Lipinski definition) is 2. The van der Waals surface area contributed by atoms with Crippen LogP contribution >= 0.6 is 15.9 Å². The van der Waals surface area contributed by atoms with Crippen LogP contribution in [-0.2, 0) is 13.5 Å². The van der Waals surface area contributed by atoms with Crippen LogP contribution in [0.15, 0.2) is 4.47 Å². The summed E-state index contributed by atoms with van der Waals surface area (Å²) in [6.07, 6.45) is 2.27. The lowest BCUT2D eigenvalue weighted by molar-refractivity contribution is 0.449. The van der Waals surface area contributed by atoms with Crippen molar-refractivity contribution in [3.05, 3.63) is 15.9 Å². The van der Waals surface area contributed by atoms with Crippen LogP contribution < -0.4 is 5.32 Å². The van der Waals surface area contributed by atoms with Gasteiger partial charge in [0.05, 0.1) is 15.9 Å². The molecule has 1 aromatic heterocycles. The van der Waals surface area contributed by atoms with Crippen LogP contribution in [0.25, 0.3) is 0 Å². The zero-order chi connectivity index (χ0) is 13.0. The fraction of sp³-hybridized carbons (Fsp3) is 0.769. The van der Waals surface area contributed by atoms with E-state index in [0.29, 0.717) is 12.0 Å². The van der Waals surface area contributed by atoms with Gasteiger partial charge in [-0.05, 0) is 48.2 Å². The fourth-order valence-corrected chi connectivity index (χ4v) is 2.41. The van der Waals surface area contributed by atoms with E-state index < -0.39 is 0 Å². The van der Waals surface area contributed by atoms with Gasteiger partial charge in [0.15, 0.2) is 0 Å². The monoisotopic (exact) mass is 301 g/mol. The average Bonchev–Trinajstić information content (AvgIpc) is 2.48. The highest BCUT2D eigenvalue weighted by Crippen LogP contribution is 2.22. The number of hydrogen-bond donors (Lipinski definition) is 1. The Labute approximate surface area is 113 Å². The smallest absolute Gasteiger partial charge is 0.0738 e. The summed E-state index contributed by atoms with van der Waals surface area (Å²) in [5.74, 6) is 0.694. The summed E-state index contributed by atoms with van der Waals surface area (Å²) in [5, 5.41) is 7.90. The van der Waals surface area contributed by atoms with Gasteiger partial charge in [0.1, 0.15) is 0 Å². The molecule has 1 unspecified atom stereocenters. The van der Waals surface area contributed by atoms with Gasteiger partial charge in [0.25, 0.3) is 0 Å². The molecule has 1 aromatic rings. The standard InChI is InChI=1S/C13H24BrN3/c1-9(2)15-8-10(3)6-7-12-13(14)11(4)16-17(12)5/h9-10,15H,6-8H2,1-5H3. The predicted molar refractivity (Wildman–Crippen MR) is 76.3 cm³/mol. The first-order valence-corrected chi connectivity index (χ1v) is 7.12. The zero-order valence-corrected chi connectivity index (χ0v) is 13.1. The number of halogens is 1. The van der Waals surface area contributed by atoms with Crippen LogP contribution in [0.4, 0.5) is 0 Å². The van der Waals surface area contributed by atoms with Crippen LogP contribution in [0.1, 0.15) is 38.6 Å². The highest BCUT2D eigenvalue weighted by Gasteiger charge is 2.12. The molecule has 0 aliphatic heterocycles. The van der Waals surface area contributed by atoms with Gasteiger partial charge in [-0.2, -0.15) is 5.10 Å². The van der Waals surface area contributed by atoms with Crippen molar-refractivity contribution in [1.29, 1.82) is 0 Å². The lowest BCUT2D eigenvalue weighted by Gasteiger charge is -2.14. The van der Waals surface area contributed by atoms with Crippen molar-refractivity contribution in [1.82, 2.24) is 15.1 Å². The summed E-state index contributed by atoms with van der Waals surface area (Å²) in [6, 6.07) is 0.572. The van der Waals surface area contributed by atoms with Crippen LogP contribution in [0.2, 0.25) is 0 Å². The van der Waals surface area contributed by atoms with Gasteiger partial charge in [-0.3, -0.25) is 4.68 Å². The summed E-state index contributed by atoms with van der Waals surface area (Å²) >= 11 is 3.61. The number of nitrogens with one attached hydrogen (secondary N) is 1. The second-order valence-electron chi connectivity index (χ2n) is 5.18. The third-order valence-corrected chi connectivity index (χ3v) is 4.04. The van der Waals surface area contributed by atoms with Gasteiger partial charge in [0, 0.05) is 13.1 Å². The number of rotatable bonds is 6. The molecule has 1 rings (SSSR count). The van der Waals surface area contributed by atoms with Crippen LogP contribution in [0.5, 0.6) is 0 Å². The normalized spacial score (nSPS) is 13.4. The maximum Gasteiger partial charge on any atom is 0.0738 e. The quantitative estimate of drug-likeness (QED) is 0.875. The molecule has 0 aromatic carbocycles. The summed E-state index contributed by atoms with van der Waals surface area (Å²) in [7, 11) is 2.02. The second-order valence-corrected chi connectivity index (χ2v) is 5.97. The molecule has 17 heavy (non-hydrogen) atoms. The highest BCUT2D eigenvalue weighted by atomic mass is 79.9. The molecule has 98 valence electrons. The van der Waals surface area contributed by atoms with Gasteiger partial charge in [-0.15, -0.1) is 0 Å². The molecule has 0 saturated heterocycles. The minimum atomic E-state index is 0.572. The minimum absolute atomic E-state index is 0.572. The van der Waals surface area contributed by atoms with Crippen molar-refractivity contribution in [2.24, 2.45) is 13.0 Å². The molecule has 3 nitrogen and oxygen atoms in total. The van der Waals surface area contributed by atoms with Gasteiger partial charge in [-0.25, -0.2) is 0 Å². The summed E-state index contributed by atoms with van der Waals surface area (Å²) < 4.78 is 3.16. The third kappa shape index (κ3) is 4.43. The molecule has 0 aliphatic rings. The van der Waals surface area contributed by atoms with Crippen molar-refractivity contribution in [3.63, 3.8) is 0 Å². The molecule has 0 aliphatic carbocycles. The first-order valence-electron chi connectivity index (χ1n) is 6.33. The fourth-order valence-electron chi connectivity index (χ4n) is 1.87. The van der Waals surface area contributed by atoms with E-state index in [4.69, 9.17) is 0 Å². The van der Waals surface area contributed by atoms with E-state index in [1.54, 1.807) is 0 Å². The summed E-state index contributed by atoms with van der Waals surface area (Å²) in [6.45, 7) is 9.80. The van der Waals surface area contributed by atoms with Crippen LogP contribution in [0.3, 0.4) is 0 Å². The van der Waals surface area contributed by atoms with Crippen LogP contribution in [-0.4, -0.2) is 22.4 Å². The molecular formula is C13H24BrN3. The van der Waals surface area contributed by atoms with E-state index in [-0.39, 0.29) is 0 Å². The van der Waals surface area contributed by atoms with Gasteiger partial charge >= 0.3 is 0 Å². The predicted octanol–water partition coefficient (Wildman–Crippen LogP) is 3.06. The Morgan fingerprint density at radius 3 is 2.47 bits per heavy atom. The van der Waals surface area contributed by atoms with Gasteiger partial charge < -0.3 is 5.32 Å². The first-order chi connectivity index (χ1) is 7.91. The highest BCUT2D eigenvalue weighted by molar-refractivity contribution is 9.10. The Hall–Kier alpha value is -0.350. The topological polar surface area (TPSA) is 29.9 Å². The lowest BCUT2D eigenvalue weighted by atomic mass is 10.0. The SMILES string of the molecule is Cc1nn(C)c(CCC(C)CNC(C)C)c1Br. The third-order valence-electron chi connectivity index (χ3n) is 3.01. The van der Waals surface area contributed by atoms with Crippen molar-refractivity contribution in [2.45, 2.75) is 46.6 Å². The Morgan fingerprint density at radius 2 is 2.00 bits per heavy atom. The van der Waals surface area contributed by atoms with E-state index in [0.717, 1.165) is 18.7 Å². The molecule has 0 amide bonds. The zero-order valence-electron chi connectivity index (χ0n) is 11.5. The van der Waals surface area contributed by atoms with Gasteiger partial charge in [-0.1, -0.05) is 20.8 Å². The van der Waals surface area contributed by atoms with E-state index in [1.807, 2.05) is 18.7 Å². The maximum atomic E-state index is 4.42. The van der Waals surface area contributed by atoms with Crippen molar-refractivity contribution in [3.8, 4) is 0 Å². The van der Waals surface area contributed by atoms with Crippen molar-refractivity contribution >= 4 is 15.9 Å². The molecule has 0 radical (unpaired) electrons. The molecule has 0 spiro atoms. The van der Waals surface area contributed by atoms with E-state index >= 15 is 0 Å². The Balaban J connectivity index is 2.44. The molecule has 1 atom stereocenters. The molecule has 0 fully saturated rings. The lowest BCUT2D eigenvalue weighted by Crippen LogP contribution is -2.28. The van der Waals surface area contributed by atoms with Gasteiger partial charge in [0.2, 0.25) is 0 Å². The van der Waals surface area contributed by atoms with Crippen LogP contribution in [0, 0.1) is 12.8 Å². The van der Waals surface area contributed by atoms with Crippen molar-refractivity contribution < 1.29 is 0 Å². The molecule has 1 heterocycles. The number of nitrogens with zero attached hydrogens (tertiary/aromatic N) is 2. The number of aryl methyl sites for hydroxylation is 2. The van der Waals surface area contributed by atoms with E-state index in [1.165, 1.54) is 16.6 Å². The molecular weight excluding hydrogens is 278 g/mol. The maximum absolute atomic E-state index is 4.42. The number of aromatic nitrogens is 2. The summed E-state index contributed by atoms with van der Waals surface area (Å²) in [4.78, 5) is 0. The van der Waals surface area contributed by atoms with E-state index in [9.17, 15) is 0 Å². The van der Waals surface area contributed by atoms with Crippen molar-refractivity contribution in [2.75, 3.05) is 6.54 Å². The first kappa shape index (κ1) is 14.7. The molecule has 1 N–H and O–H groups in total. The second kappa shape index (κ2) is 6.55. The molecule has 0 bridgehead atoms. The minimum Gasteiger partial charge on any atom is -0.314 e. The molecule has 4 heteroatoms.